The fourth-order valence-electron chi connectivity index (χ4n) is 2.95. The Morgan fingerprint density at radius 2 is 1.65 bits per heavy atom. The third-order valence-corrected chi connectivity index (χ3v) is 4.66. The molecule has 0 spiro atoms. The maximum absolute atomic E-state index is 12.4. The van der Waals surface area contributed by atoms with E-state index in [1.54, 1.807) is 31.4 Å². The predicted octanol–water partition coefficient (Wildman–Crippen LogP) is 3.99. The Balaban J connectivity index is 1.30. The summed E-state index contributed by atoms with van der Waals surface area (Å²) in [6.07, 6.45) is 0. The van der Waals surface area contributed by atoms with Crippen LogP contribution in [0.2, 0.25) is 0 Å². The van der Waals surface area contributed by atoms with Gasteiger partial charge >= 0.3 is 0 Å². The molecule has 4 rings (SSSR count). The molecule has 0 fully saturated rings. The molecule has 0 unspecified atom stereocenters. The van der Waals surface area contributed by atoms with Crippen molar-refractivity contribution in [1.82, 2.24) is 20.5 Å². The molecule has 4 aromatic rings. The first-order valence-corrected chi connectivity index (χ1v) is 9.82. The number of nitrogens with zero attached hydrogens (tertiary/aromatic N) is 2. The molecule has 3 aromatic carbocycles. The number of benzene rings is 3. The molecule has 1 amide bonds. The number of nitrogens with one attached hydrogen (secondary N) is 2. The molecule has 0 aliphatic carbocycles. The number of hydrogen-bond donors (Lipinski definition) is 2. The second-order valence-corrected chi connectivity index (χ2v) is 6.82. The highest BCUT2D eigenvalue weighted by atomic mass is 16.5. The smallest absolute Gasteiger partial charge is 0.251 e. The molecule has 1 aromatic heterocycles. The number of aromatic amines is 1. The van der Waals surface area contributed by atoms with Crippen LogP contribution >= 0.6 is 0 Å². The van der Waals surface area contributed by atoms with E-state index in [0.29, 0.717) is 29.6 Å². The van der Waals surface area contributed by atoms with Gasteiger partial charge in [0.25, 0.3) is 5.91 Å². The summed E-state index contributed by atoms with van der Waals surface area (Å²) >= 11 is 0. The monoisotopic (exact) mass is 414 g/mol. The lowest BCUT2D eigenvalue weighted by Crippen LogP contribution is -2.23. The van der Waals surface area contributed by atoms with Crippen molar-refractivity contribution in [2.24, 2.45) is 0 Å². The summed E-state index contributed by atoms with van der Waals surface area (Å²) < 4.78 is 10.9. The zero-order chi connectivity index (χ0) is 21.5. The van der Waals surface area contributed by atoms with Gasteiger partial charge in [-0.05, 0) is 54.1 Å². The van der Waals surface area contributed by atoms with E-state index in [4.69, 9.17) is 9.47 Å². The number of carbonyl (C=O) groups is 1. The first kappa shape index (κ1) is 20.2. The number of methoxy groups -OCH3 is 1. The van der Waals surface area contributed by atoms with Gasteiger partial charge in [-0.2, -0.15) is 5.10 Å². The average molecular weight is 414 g/mol. The normalized spacial score (nSPS) is 10.5. The van der Waals surface area contributed by atoms with Gasteiger partial charge in [-0.3, -0.25) is 9.89 Å². The second kappa shape index (κ2) is 9.58. The van der Waals surface area contributed by atoms with E-state index in [-0.39, 0.29) is 12.5 Å². The maximum Gasteiger partial charge on any atom is 0.251 e. The molecular weight excluding hydrogens is 392 g/mol. The zero-order valence-electron chi connectivity index (χ0n) is 17.0. The zero-order valence-corrected chi connectivity index (χ0v) is 17.0. The van der Waals surface area contributed by atoms with Gasteiger partial charge in [0.1, 0.15) is 23.9 Å². The van der Waals surface area contributed by atoms with E-state index in [9.17, 15) is 4.79 Å². The van der Waals surface area contributed by atoms with Crippen molar-refractivity contribution >= 4 is 5.91 Å². The van der Waals surface area contributed by atoms with Crippen LogP contribution in [0.25, 0.3) is 11.4 Å². The highest BCUT2D eigenvalue weighted by molar-refractivity contribution is 5.94. The molecule has 1 heterocycles. The Morgan fingerprint density at radius 3 is 2.35 bits per heavy atom. The van der Waals surface area contributed by atoms with Gasteiger partial charge in [0.15, 0.2) is 5.82 Å². The van der Waals surface area contributed by atoms with E-state index in [1.807, 2.05) is 54.6 Å². The summed E-state index contributed by atoms with van der Waals surface area (Å²) in [5.74, 6) is 2.41. The topological polar surface area (TPSA) is 89.1 Å². The molecule has 0 bridgehead atoms. The van der Waals surface area contributed by atoms with Gasteiger partial charge in [-0.15, -0.1) is 0 Å². The van der Waals surface area contributed by atoms with Crippen molar-refractivity contribution in [3.8, 4) is 22.9 Å². The fourth-order valence-corrected chi connectivity index (χ4v) is 2.95. The molecule has 0 atom stereocenters. The van der Waals surface area contributed by atoms with E-state index in [2.05, 4.69) is 20.5 Å². The van der Waals surface area contributed by atoms with Crippen molar-refractivity contribution in [3.63, 3.8) is 0 Å². The first-order valence-electron chi connectivity index (χ1n) is 9.82. The Hall–Kier alpha value is -4.13. The van der Waals surface area contributed by atoms with Gasteiger partial charge < -0.3 is 14.8 Å². The van der Waals surface area contributed by atoms with Crippen molar-refractivity contribution in [2.75, 3.05) is 7.11 Å². The van der Waals surface area contributed by atoms with Crippen LogP contribution in [0.4, 0.5) is 0 Å². The summed E-state index contributed by atoms with van der Waals surface area (Å²) in [5.41, 5.74) is 2.49. The molecule has 0 saturated heterocycles. The van der Waals surface area contributed by atoms with Crippen LogP contribution < -0.4 is 14.8 Å². The van der Waals surface area contributed by atoms with Gasteiger partial charge in [-0.25, -0.2) is 4.98 Å². The van der Waals surface area contributed by atoms with E-state index in [1.165, 1.54) is 0 Å². The maximum atomic E-state index is 12.4. The Morgan fingerprint density at radius 1 is 0.935 bits per heavy atom. The summed E-state index contributed by atoms with van der Waals surface area (Å²) in [6, 6.07) is 24.4. The van der Waals surface area contributed by atoms with Crippen LogP contribution in [-0.2, 0) is 13.2 Å². The Bertz CT molecular complexity index is 1120. The van der Waals surface area contributed by atoms with E-state index >= 15 is 0 Å². The van der Waals surface area contributed by atoms with Crippen LogP contribution in [-0.4, -0.2) is 28.2 Å². The summed E-state index contributed by atoms with van der Waals surface area (Å²) in [6.45, 7) is 0.725. The second-order valence-electron chi connectivity index (χ2n) is 6.82. The van der Waals surface area contributed by atoms with Crippen LogP contribution in [0.15, 0.2) is 78.9 Å². The molecule has 0 radical (unpaired) electrons. The number of rotatable bonds is 8. The molecule has 7 heteroatoms. The largest absolute Gasteiger partial charge is 0.497 e. The third kappa shape index (κ3) is 5.27. The van der Waals surface area contributed by atoms with Gasteiger partial charge in [0.05, 0.1) is 13.7 Å². The minimum absolute atomic E-state index is 0.197. The molecular formula is C24H22N4O3. The van der Waals surface area contributed by atoms with Crippen LogP contribution in [0.3, 0.4) is 0 Å². The number of carbonyl (C=O) groups excluding carboxylic acids is 1. The molecule has 0 aliphatic rings. The van der Waals surface area contributed by atoms with Gasteiger partial charge in [-0.1, -0.05) is 30.3 Å². The standard InChI is InChI=1S/C24H22N4O3/c1-30-20-11-7-18(8-12-20)23-26-22(27-28-23)15-25-24(29)19-9-13-21(14-10-19)31-16-17-5-3-2-4-6-17/h2-14H,15-16H2,1H3,(H,25,29)(H,26,27,28). The van der Waals surface area contributed by atoms with Gasteiger partial charge in [0, 0.05) is 11.1 Å². The number of aromatic nitrogens is 3. The number of hydrogen-bond acceptors (Lipinski definition) is 5. The minimum atomic E-state index is -0.197. The highest BCUT2D eigenvalue weighted by Crippen LogP contribution is 2.19. The summed E-state index contributed by atoms with van der Waals surface area (Å²) in [4.78, 5) is 16.9. The molecule has 7 nitrogen and oxygen atoms in total. The molecule has 0 saturated carbocycles. The number of amides is 1. The number of H-pyrrole nitrogens is 1. The van der Waals surface area contributed by atoms with Crippen molar-refractivity contribution in [3.05, 3.63) is 95.8 Å². The average Bonchev–Trinajstić information content (AvgIpc) is 3.31. The van der Waals surface area contributed by atoms with Crippen LogP contribution in [0.1, 0.15) is 21.7 Å². The predicted molar refractivity (Wildman–Crippen MR) is 117 cm³/mol. The van der Waals surface area contributed by atoms with E-state index in [0.717, 1.165) is 16.9 Å². The van der Waals surface area contributed by atoms with Crippen molar-refractivity contribution < 1.29 is 14.3 Å². The lowest BCUT2D eigenvalue weighted by Gasteiger charge is -2.07. The van der Waals surface area contributed by atoms with Crippen LogP contribution in [0.5, 0.6) is 11.5 Å². The van der Waals surface area contributed by atoms with Crippen LogP contribution in [0, 0.1) is 0 Å². The molecule has 2 N–H and O–H groups in total. The van der Waals surface area contributed by atoms with Crippen molar-refractivity contribution in [2.45, 2.75) is 13.2 Å². The van der Waals surface area contributed by atoms with E-state index < -0.39 is 0 Å². The first-order chi connectivity index (χ1) is 15.2. The summed E-state index contributed by atoms with van der Waals surface area (Å²) in [5, 5.41) is 9.90. The SMILES string of the molecule is COc1ccc(-c2n[nH]c(CNC(=O)c3ccc(OCc4ccccc4)cc3)n2)cc1. The minimum Gasteiger partial charge on any atom is -0.497 e. The quantitative estimate of drug-likeness (QED) is 0.455. The molecule has 0 aliphatic heterocycles. The van der Waals surface area contributed by atoms with Crippen molar-refractivity contribution in [1.29, 1.82) is 0 Å². The summed E-state index contributed by atoms with van der Waals surface area (Å²) in [7, 11) is 1.62. The Kier molecular flexibility index (Phi) is 6.23. The molecule has 31 heavy (non-hydrogen) atoms. The lowest BCUT2D eigenvalue weighted by molar-refractivity contribution is 0.0950. The lowest BCUT2D eigenvalue weighted by atomic mass is 10.2. The third-order valence-electron chi connectivity index (χ3n) is 4.66. The Labute approximate surface area is 180 Å². The highest BCUT2D eigenvalue weighted by Gasteiger charge is 2.09. The van der Waals surface area contributed by atoms with Gasteiger partial charge in [0.2, 0.25) is 0 Å². The fraction of sp³-hybridized carbons (Fsp3) is 0.125. The molecule has 156 valence electrons. The number of ether oxygens (including phenoxy) is 2.